The minimum absolute atomic E-state index is 0.0605. The molecule has 0 aromatic heterocycles. The van der Waals surface area contributed by atoms with E-state index in [1.807, 2.05) is 20.2 Å². The van der Waals surface area contributed by atoms with Crippen LogP contribution in [0, 0.1) is 35.0 Å². The van der Waals surface area contributed by atoms with E-state index in [1.54, 1.807) is 6.08 Å². The second-order valence-electron chi connectivity index (χ2n) is 14.8. The van der Waals surface area contributed by atoms with Gasteiger partial charge in [-0.05, 0) is 98.0 Å². The summed E-state index contributed by atoms with van der Waals surface area (Å²) >= 11 is 0. The molecule has 0 unspecified atom stereocenters. The van der Waals surface area contributed by atoms with Crippen molar-refractivity contribution >= 4 is 29.2 Å². The van der Waals surface area contributed by atoms with Gasteiger partial charge in [0.05, 0.1) is 0 Å². The minimum Gasteiger partial charge on any atom is -0.457 e. The van der Waals surface area contributed by atoms with E-state index in [1.165, 1.54) is 30.9 Å². The molecule has 1 aromatic rings. The van der Waals surface area contributed by atoms with Crippen molar-refractivity contribution in [2.24, 2.45) is 35.0 Å². The molecule has 7 heteroatoms. The third kappa shape index (κ3) is 5.81. The largest absolute Gasteiger partial charge is 0.457 e. The van der Waals surface area contributed by atoms with E-state index in [4.69, 9.17) is 9.47 Å². The van der Waals surface area contributed by atoms with Crippen molar-refractivity contribution in [3.05, 3.63) is 53.6 Å². The number of carbonyl (C=O) groups is 4. The van der Waals surface area contributed by atoms with Crippen LogP contribution in [0.1, 0.15) is 96.0 Å². The smallest absolute Gasteiger partial charge is 0.306 e. The lowest BCUT2D eigenvalue weighted by Crippen LogP contribution is -2.60. The monoisotopic (exact) mass is 615 g/mol. The summed E-state index contributed by atoms with van der Waals surface area (Å²) in [7, 11) is 4.05. The Balaban J connectivity index is 1.32. The summed E-state index contributed by atoms with van der Waals surface area (Å²) in [5.41, 5.74) is 1.55. The molecule has 5 aliphatic carbocycles. The molecule has 1 aromatic carbocycles. The lowest BCUT2D eigenvalue weighted by Gasteiger charge is -2.58. The van der Waals surface area contributed by atoms with E-state index in [0.29, 0.717) is 31.1 Å². The van der Waals surface area contributed by atoms with Gasteiger partial charge in [-0.25, -0.2) is 0 Å². The third-order valence-electron chi connectivity index (χ3n) is 12.3. The second-order valence-corrected chi connectivity index (χ2v) is 14.8. The van der Waals surface area contributed by atoms with Gasteiger partial charge < -0.3 is 14.4 Å². The Morgan fingerprint density at radius 2 is 1.76 bits per heavy atom. The first-order chi connectivity index (χ1) is 21.5. The molecular weight excluding hydrogens is 566 g/mol. The number of rotatable bonds is 9. The number of benzene rings is 1. The fourth-order valence-electron chi connectivity index (χ4n) is 10.2. The van der Waals surface area contributed by atoms with Crippen LogP contribution < -0.4 is 4.90 Å². The molecule has 0 bridgehead atoms. The molecule has 0 aliphatic heterocycles. The first kappa shape index (κ1) is 31.7. The Kier molecular flexibility index (Phi) is 8.84. The number of Topliss-reactive ketones (excluding diaryl/α,β-unsaturated/α-hetero) is 1. The van der Waals surface area contributed by atoms with Crippen LogP contribution in [0.15, 0.2) is 48.1 Å². The normalized spacial score (nSPS) is 33.9. The number of carbonyl (C=O) groups excluding carboxylic acids is 4. The molecule has 6 rings (SSSR count). The summed E-state index contributed by atoms with van der Waals surface area (Å²) in [5.74, 6) is 0.497. The highest BCUT2D eigenvalue weighted by Crippen LogP contribution is 2.69. The summed E-state index contributed by atoms with van der Waals surface area (Å²) in [6.45, 7) is 3.16. The number of ether oxygens (including phenoxy) is 2. The van der Waals surface area contributed by atoms with Crippen LogP contribution in [0.3, 0.4) is 0 Å². The SMILES string of the molecule is CC(=O)O[C@]1(C(=O)COC(=O)CCC2CCCC2)CC[C@H]2[C@@H]3CCC4=CC(=O)C=C[C@@H]4[C@H]3[C@@H](c3ccc(N(C)C)cc3)C[C@@]21C. The zero-order chi connectivity index (χ0) is 31.9. The van der Waals surface area contributed by atoms with Gasteiger partial charge in [0.2, 0.25) is 5.78 Å². The van der Waals surface area contributed by atoms with Gasteiger partial charge in [0.1, 0.15) is 0 Å². The van der Waals surface area contributed by atoms with Crippen molar-refractivity contribution in [1.29, 1.82) is 0 Å². The molecule has 7 atom stereocenters. The van der Waals surface area contributed by atoms with Gasteiger partial charge in [-0.15, -0.1) is 0 Å². The number of allylic oxidation sites excluding steroid dienone is 4. The Labute approximate surface area is 267 Å². The van der Waals surface area contributed by atoms with Gasteiger partial charge in [-0.1, -0.05) is 56.4 Å². The van der Waals surface area contributed by atoms with Crippen LogP contribution in [-0.4, -0.2) is 49.8 Å². The number of anilines is 1. The maximum absolute atomic E-state index is 14.3. The molecule has 0 heterocycles. The second kappa shape index (κ2) is 12.5. The maximum Gasteiger partial charge on any atom is 0.306 e. The van der Waals surface area contributed by atoms with Crippen LogP contribution in [0.25, 0.3) is 0 Å². The fourth-order valence-corrected chi connectivity index (χ4v) is 10.2. The van der Waals surface area contributed by atoms with Crippen molar-refractivity contribution in [2.45, 2.75) is 96.0 Å². The summed E-state index contributed by atoms with van der Waals surface area (Å²) in [4.78, 5) is 54.2. The van der Waals surface area contributed by atoms with Crippen LogP contribution in [0.4, 0.5) is 5.69 Å². The molecule has 4 saturated carbocycles. The molecule has 242 valence electrons. The number of hydrogen-bond acceptors (Lipinski definition) is 7. The maximum atomic E-state index is 14.3. The van der Waals surface area contributed by atoms with Gasteiger partial charge in [0.25, 0.3) is 0 Å². The molecule has 45 heavy (non-hydrogen) atoms. The van der Waals surface area contributed by atoms with Gasteiger partial charge in [0.15, 0.2) is 18.0 Å². The first-order valence-electron chi connectivity index (χ1n) is 17.1. The van der Waals surface area contributed by atoms with Crippen LogP contribution in [0.2, 0.25) is 0 Å². The average Bonchev–Trinajstić information content (AvgIpc) is 3.64. The summed E-state index contributed by atoms with van der Waals surface area (Å²) < 4.78 is 11.8. The highest BCUT2D eigenvalue weighted by atomic mass is 16.6. The molecule has 0 spiro atoms. The molecule has 0 N–H and O–H groups in total. The predicted molar refractivity (Wildman–Crippen MR) is 173 cm³/mol. The van der Waals surface area contributed by atoms with Crippen molar-refractivity contribution in [1.82, 2.24) is 0 Å². The number of ketones is 2. The molecule has 7 nitrogen and oxygen atoms in total. The standard InChI is InChI=1S/C38H49NO6/c1-24(40)45-38(34(42)23-44-35(43)18-9-25-7-5-6-8-25)20-19-33-31-16-12-27-21-29(41)15-17-30(27)36(31)32(22-37(33,38)2)26-10-13-28(14-11-26)39(3)4/h10-11,13-15,17,21,25,30-33,36H,5-9,12,16,18-20,22-23H2,1-4H3/t30-,31-,32+,33-,36+,37-,38-/m0/s1. The van der Waals surface area contributed by atoms with E-state index in [9.17, 15) is 19.2 Å². The van der Waals surface area contributed by atoms with E-state index in [0.717, 1.165) is 44.2 Å². The Bertz CT molecular complexity index is 1390. The molecular formula is C38H49NO6. The topological polar surface area (TPSA) is 90.0 Å². The minimum atomic E-state index is -1.35. The predicted octanol–water partition coefficient (Wildman–Crippen LogP) is 6.75. The Morgan fingerprint density at radius 3 is 2.44 bits per heavy atom. The van der Waals surface area contributed by atoms with Crippen molar-refractivity contribution in [2.75, 3.05) is 25.6 Å². The zero-order valence-corrected chi connectivity index (χ0v) is 27.4. The quantitative estimate of drug-likeness (QED) is 0.284. The molecule has 0 saturated heterocycles. The zero-order valence-electron chi connectivity index (χ0n) is 27.4. The van der Waals surface area contributed by atoms with Gasteiger partial charge in [-0.2, -0.15) is 0 Å². The number of esters is 2. The van der Waals surface area contributed by atoms with Crippen LogP contribution >= 0.6 is 0 Å². The fraction of sp³-hybridized carbons (Fsp3) is 0.632. The summed E-state index contributed by atoms with van der Waals surface area (Å²) in [5, 5.41) is 0. The Morgan fingerprint density at radius 1 is 1.02 bits per heavy atom. The number of hydrogen-bond donors (Lipinski definition) is 0. The van der Waals surface area contributed by atoms with Crippen molar-refractivity contribution < 1.29 is 28.7 Å². The van der Waals surface area contributed by atoms with E-state index >= 15 is 0 Å². The highest BCUT2D eigenvalue weighted by molar-refractivity contribution is 6.01. The van der Waals surface area contributed by atoms with Gasteiger partial charge in [0, 0.05) is 44.5 Å². The molecule has 5 aliphatic rings. The summed E-state index contributed by atoms with van der Waals surface area (Å²) in [6, 6.07) is 8.69. The van der Waals surface area contributed by atoms with Gasteiger partial charge in [-0.3, -0.25) is 19.2 Å². The number of nitrogens with zero attached hydrogens (tertiary/aromatic N) is 1. The van der Waals surface area contributed by atoms with Crippen LogP contribution in [0.5, 0.6) is 0 Å². The summed E-state index contributed by atoms with van der Waals surface area (Å²) in [6.07, 6.45) is 15.2. The molecule has 0 radical (unpaired) electrons. The van der Waals surface area contributed by atoms with Crippen molar-refractivity contribution in [3.63, 3.8) is 0 Å². The third-order valence-corrected chi connectivity index (χ3v) is 12.3. The molecule has 0 amide bonds. The average molecular weight is 616 g/mol. The lowest BCUT2D eigenvalue weighted by molar-refractivity contribution is -0.190. The van der Waals surface area contributed by atoms with Crippen molar-refractivity contribution in [3.8, 4) is 0 Å². The first-order valence-corrected chi connectivity index (χ1v) is 17.1. The van der Waals surface area contributed by atoms with E-state index in [-0.39, 0.29) is 47.8 Å². The highest BCUT2D eigenvalue weighted by Gasteiger charge is 2.69. The lowest BCUT2D eigenvalue weighted by atomic mass is 9.47. The van der Waals surface area contributed by atoms with E-state index < -0.39 is 17.0 Å². The Hall–Kier alpha value is -3.22. The molecule has 4 fully saturated rings. The van der Waals surface area contributed by atoms with Crippen LogP contribution in [-0.2, 0) is 28.7 Å². The van der Waals surface area contributed by atoms with Gasteiger partial charge >= 0.3 is 11.9 Å². The van der Waals surface area contributed by atoms with E-state index in [2.05, 4.69) is 42.2 Å². The number of fused-ring (bicyclic) bond motifs is 5.